The molecule has 2 aromatic rings. The minimum Gasteiger partial charge on any atom is -0.463 e. The molecule has 0 atom stereocenters. The Morgan fingerprint density at radius 1 is 1.47 bits per heavy atom. The maximum atomic E-state index is 13.1. The first-order valence-corrected chi connectivity index (χ1v) is 6.24. The smallest absolute Gasteiger partial charge is 0.374 e. The Morgan fingerprint density at radius 3 is 3.00 bits per heavy atom. The van der Waals surface area contributed by atoms with Crippen LogP contribution in [0.4, 0.5) is 10.1 Å². The van der Waals surface area contributed by atoms with Crippen LogP contribution in [0.1, 0.15) is 16.1 Å². The van der Waals surface area contributed by atoms with Gasteiger partial charge in [-0.05, 0) is 40.2 Å². The second-order valence-corrected chi connectivity index (χ2v) is 4.60. The van der Waals surface area contributed by atoms with Crippen molar-refractivity contribution in [3.8, 4) is 0 Å². The third kappa shape index (κ3) is 3.14. The predicted octanol–water partition coefficient (Wildman–Crippen LogP) is 3.58. The van der Waals surface area contributed by atoms with E-state index < -0.39 is 5.97 Å². The summed E-state index contributed by atoms with van der Waals surface area (Å²) in [6, 6.07) is 5.98. The molecule has 0 aliphatic rings. The molecule has 0 unspecified atom stereocenters. The third-order valence-electron chi connectivity index (χ3n) is 2.52. The van der Waals surface area contributed by atoms with Crippen molar-refractivity contribution in [2.24, 2.45) is 0 Å². The van der Waals surface area contributed by atoms with Gasteiger partial charge in [0.05, 0.1) is 19.1 Å². The van der Waals surface area contributed by atoms with Crippen molar-refractivity contribution in [3.63, 3.8) is 0 Å². The van der Waals surface area contributed by atoms with Gasteiger partial charge in [-0.15, -0.1) is 0 Å². The molecule has 0 fully saturated rings. The molecule has 0 bridgehead atoms. The van der Waals surface area contributed by atoms with E-state index in [-0.39, 0.29) is 11.6 Å². The van der Waals surface area contributed by atoms with Crippen molar-refractivity contribution in [1.82, 2.24) is 0 Å². The molecule has 0 spiro atoms. The summed E-state index contributed by atoms with van der Waals surface area (Å²) in [7, 11) is 1.28. The topological polar surface area (TPSA) is 51.5 Å². The number of anilines is 1. The van der Waals surface area contributed by atoms with Crippen LogP contribution in [0.15, 0.2) is 39.4 Å². The zero-order valence-electron chi connectivity index (χ0n) is 10.1. The molecule has 0 radical (unpaired) electrons. The average Bonchev–Trinajstić information content (AvgIpc) is 2.87. The molecule has 0 saturated heterocycles. The Kier molecular flexibility index (Phi) is 4.21. The van der Waals surface area contributed by atoms with Crippen molar-refractivity contribution in [1.29, 1.82) is 0 Å². The number of furan rings is 1. The van der Waals surface area contributed by atoms with Crippen LogP contribution in [0.2, 0.25) is 0 Å². The van der Waals surface area contributed by atoms with Crippen LogP contribution in [-0.4, -0.2) is 13.1 Å². The number of benzene rings is 1. The molecule has 1 heterocycles. The van der Waals surface area contributed by atoms with Crippen molar-refractivity contribution in [2.45, 2.75) is 6.54 Å². The van der Waals surface area contributed by atoms with Gasteiger partial charge in [-0.1, -0.05) is 0 Å². The number of halogens is 2. The van der Waals surface area contributed by atoms with E-state index in [4.69, 9.17) is 4.42 Å². The summed E-state index contributed by atoms with van der Waals surface area (Å²) >= 11 is 3.31. The van der Waals surface area contributed by atoms with E-state index in [1.807, 2.05) is 0 Å². The Balaban J connectivity index is 2.13. The number of rotatable bonds is 4. The van der Waals surface area contributed by atoms with Gasteiger partial charge in [-0.3, -0.25) is 0 Å². The number of esters is 1. The van der Waals surface area contributed by atoms with Gasteiger partial charge in [0.2, 0.25) is 5.76 Å². The van der Waals surface area contributed by atoms with Gasteiger partial charge in [0.1, 0.15) is 5.82 Å². The summed E-state index contributed by atoms with van der Waals surface area (Å²) in [6.45, 7) is 0.322. The minimum absolute atomic E-state index is 0.141. The van der Waals surface area contributed by atoms with Gasteiger partial charge >= 0.3 is 5.97 Å². The molecule has 1 N–H and O–H groups in total. The van der Waals surface area contributed by atoms with E-state index in [0.29, 0.717) is 17.8 Å². The molecule has 6 heteroatoms. The van der Waals surface area contributed by atoms with Crippen LogP contribution in [-0.2, 0) is 11.3 Å². The summed E-state index contributed by atoms with van der Waals surface area (Å²) in [6.07, 6.45) is 1.41. The lowest BCUT2D eigenvalue weighted by molar-refractivity contribution is 0.0563. The Hall–Kier alpha value is -1.82. The Morgan fingerprint density at radius 2 is 2.26 bits per heavy atom. The quantitative estimate of drug-likeness (QED) is 0.872. The van der Waals surface area contributed by atoms with Gasteiger partial charge in [-0.2, -0.15) is 0 Å². The second kappa shape index (κ2) is 5.88. The van der Waals surface area contributed by atoms with Crippen molar-refractivity contribution < 1.29 is 18.3 Å². The Labute approximate surface area is 117 Å². The zero-order chi connectivity index (χ0) is 13.8. The van der Waals surface area contributed by atoms with Crippen LogP contribution in [0.5, 0.6) is 0 Å². The first-order valence-electron chi connectivity index (χ1n) is 5.45. The molecule has 1 aromatic heterocycles. The summed E-state index contributed by atoms with van der Waals surface area (Å²) in [5.74, 6) is -0.742. The lowest BCUT2D eigenvalue weighted by Gasteiger charge is -2.08. The van der Waals surface area contributed by atoms with E-state index in [2.05, 4.69) is 26.0 Å². The largest absolute Gasteiger partial charge is 0.463 e. The van der Waals surface area contributed by atoms with E-state index >= 15 is 0 Å². The number of methoxy groups -OCH3 is 1. The van der Waals surface area contributed by atoms with Gasteiger partial charge in [0, 0.05) is 16.6 Å². The fourth-order valence-corrected chi connectivity index (χ4v) is 1.96. The van der Waals surface area contributed by atoms with Crippen molar-refractivity contribution in [2.75, 3.05) is 12.4 Å². The number of carbonyl (C=O) groups excluding carboxylic acids is 1. The van der Waals surface area contributed by atoms with Crippen LogP contribution in [0, 0.1) is 5.82 Å². The summed E-state index contributed by atoms with van der Waals surface area (Å²) in [5, 5.41) is 3.02. The highest BCUT2D eigenvalue weighted by Crippen LogP contribution is 2.24. The molecular weight excluding hydrogens is 317 g/mol. The predicted molar refractivity (Wildman–Crippen MR) is 71.5 cm³/mol. The monoisotopic (exact) mass is 327 g/mol. The highest BCUT2D eigenvalue weighted by Gasteiger charge is 2.15. The lowest BCUT2D eigenvalue weighted by atomic mass is 10.2. The van der Waals surface area contributed by atoms with Crippen LogP contribution < -0.4 is 5.32 Å². The fraction of sp³-hybridized carbons (Fsp3) is 0.154. The molecule has 4 nitrogen and oxygen atoms in total. The molecule has 100 valence electrons. The second-order valence-electron chi connectivity index (χ2n) is 3.74. The fourth-order valence-electron chi connectivity index (χ4n) is 1.57. The molecular formula is C13H11BrFNO3. The highest BCUT2D eigenvalue weighted by molar-refractivity contribution is 9.10. The molecule has 2 rings (SSSR count). The first-order chi connectivity index (χ1) is 9.11. The molecule has 19 heavy (non-hydrogen) atoms. The van der Waals surface area contributed by atoms with Gasteiger partial charge < -0.3 is 14.5 Å². The van der Waals surface area contributed by atoms with Gasteiger partial charge in [0.25, 0.3) is 0 Å². The van der Waals surface area contributed by atoms with Crippen LogP contribution in [0.3, 0.4) is 0 Å². The molecule has 0 saturated carbocycles. The summed E-state index contributed by atoms with van der Waals surface area (Å²) < 4.78 is 23.5. The minimum atomic E-state index is -0.542. The molecule has 0 aliphatic carbocycles. The third-order valence-corrected chi connectivity index (χ3v) is 3.21. The zero-order valence-corrected chi connectivity index (χ0v) is 11.7. The summed E-state index contributed by atoms with van der Waals surface area (Å²) in [5.41, 5.74) is 1.24. The number of hydrogen-bond acceptors (Lipinski definition) is 4. The molecule has 0 amide bonds. The first kappa shape index (κ1) is 13.6. The Bertz CT molecular complexity index is 597. The van der Waals surface area contributed by atoms with E-state index in [1.54, 1.807) is 12.1 Å². The normalized spacial score (nSPS) is 10.3. The number of ether oxygens (including phenoxy) is 1. The van der Waals surface area contributed by atoms with Gasteiger partial charge in [0.15, 0.2) is 0 Å². The van der Waals surface area contributed by atoms with E-state index in [1.165, 1.54) is 25.5 Å². The van der Waals surface area contributed by atoms with E-state index in [0.717, 1.165) is 4.47 Å². The summed E-state index contributed by atoms with van der Waals surface area (Å²) in [4.78, 5) is 11.4. The number of nitrogens with one attached hydrogen (secondary N) is 1. The molecule has 0 aliphatic heterocycles. The highest BCUT2D eigenvalue weighted by atomic mass is 79.9. The SMILES string of the molecule is COC(=O)c1occc1CNc1cc(F)ccc1Br. The maximum Gasteiger partial charge on any atom is 0.374 e. The van der Waals surface area contributed by atoms with Crippen LogP contribution in [0.25, 0.3) is 0 Å². The van der Waals surface area contributed by atoms with E-state index in [9.17, 15) is 9.18 Å². The number of carbonyl (C=O) groups is 1. The van der Waals surface area contributed by atoms with Gasteiger partial charge in [-0.25, -0.2) is 9.18 Å². The standard InChI is InChI=1S/C13H11BrFNO3/c1-18-13(17)12-8(4-5-19-12)7-16-11-6-9(15)2-3-10(11)14/h2-6,16H,7H2,1H3. The van der Waals surface area contributed by atoms with Crippen molar-refractivity contribution in [3.05, 3.63) is 52.1 Å². The van der Waals surface area contributed by atoms with Crippen LogP contribution >= 0.6 is 15.9 Å². The number of hydrogen-bond donors (Lipinski definition) is 1. The maximum absolute atomic E-state index is 13.1. The van der Waals surface area contributed by atoms with Crippen molar-refractivity contribution >= 4 is 27.6 Å². The molecule has 1 aromatic carbocycles. The lowest BCUT2D eigenvalue weighted by Crippen LogP contribution is -2.07. The average molecular weight is 328 g/mol.